The minimum Gasteiger partial charge on any atom is -0.351 e. The quantitative estimate of drug-likeness (QED) is 0.925. The van der Waals surface area contributed by atoms with Crippen LogP contribution >= 0.6 is 11.8 Å². The Labute approximate surface area is 126 Å². The molecule has 1 heterocycles. The predicted octanol–water partition coefficient (Wildman–Crippen LogP) is 2.52. The van der Waals surface area contributed by atoms with E-state index in [-0.39, 0.29) is 11.9 Å². The number of carbonyl (C=O) groups excluding carboxylic acids is 1. The van der Waals surface area contributed by atoms with Gasteiger partial charge in [0, 0.05) is 24.1 Å². The molecule has 1 aliphatic heterocycles. The van der Waals surface area contributed by atoms with E-state index in [9.17, 15) is 4.79 Å². The Balaban J connectivity index is 1.82. The second-order valence-corrected chi connectivity index (χ2v) is 6.93. The summed E-state index contributed by atoms with van der Waals surface area (Å²) in [5.41, 5.74) is 1.15. The van der Waals surface area contributed by atoms with E-state index >= 15 is 0 Å². The maximum atomic E-state index is 12.2. The average molecular weight is 292 g/mol. The third-order valence-corrected chi connectivity index (χ3v) is 5.06. The molecular formula is C16H24N2OS. The van der Waals surface area contributed by atoms with Gasteiger partial charge in [-0.25, -0.2) is 0 Å². The lowest BCUT2D eigenvalue weighted by Crippen LogP contribution is -2.45. The first-order chi connectivity index (χ1) is 9.66. The lowest BCUT2D eigenvalue weighted by Gasteiger charge is -2.26. The number of hydrogen-bond donors (Lipinski definition) is 1. The van der Waals surface area contributed by atoms with E-state index < -0.39 is 0 Å². The van der Waals surface area contributed by atoms with E-state index in [2.05, 4.69) is 17.1 Å². The highest BCUT2D eigenvalue weighted by Gasteiger charge is 2.23. The molecule has 0 spiro atoms. The van der Waals surface area contributed by atoms with Crippen molar-refractivity contribution in [2.45, 2.75) is 38.1 Å². The zero-order chi connectivity index (χ0) is 14.4. The van der Waals surface area contributed by atoms with Gasteiger partial charge < -0.3 is 5.32 Å². The second-order valence-electron chi connectivity index (χ2n) is 5.39. The van der Waals surface area contributed by atoms with Crippen molar-refractivity contribution >= 4 is 17.7 Å². The Morgan fingerprint density at radius 3 is 2.90 bits per heavy atom. The smallest absolute Gasteiger partial charge is 0.237 e. The standard InChI is InChI=1S/C16H24N2OS/c1-13-8-9-18(10-11-20-13)14(2)16(19)17-12-15-6-4-3-5-7-15/h3-7,13-14H,8-12H2,1-2H3,(H,17,19)/t13-,14-/m0/s1. The van der Waals surface area contributed by atoms with Crippen LogP contribution in [0.25, 0.3) is 0 Å². The Morgan fingerprint density at radius 2 is 2.15 bits per heavy atom. The molecule has 1 fully saturated rings. The molecule has 1 N–H and O–H groups in total. The van der Waals surface area contributed by atoms with Crippen molar-refractivity contribution in [3.8, 4) is 0 Å². The third-order valence-electron chi connectivity index (χ3n) is 3.84. The van der Waals surface area contributed by atoms with Crippen molar-refractivity contribution in [1.29, 1.82) is 0 Å². The highest BCUT2D eigenvalue weighted by atomic mass is 32.2. The van der Waals surface area contributed by atoms with Gasteiger partial charge in [-0.1, -0.05) is 37.3 Å². The van der Waals surface area contributed by atoms with Crippen LogP contribution in [0.3, 0.4) is 0 Å². The molecule has 0 aliphatic carbocycles. The van der Waals surface area contributed by atoms with Gasteiger partial charge in [0.05, 0.1) is 6.04 Å². The fourth-order valence-electron chi connectivity index (χ4n) is 2.40. The first-order valence-corrected chi connectivity index (χ1v) is 8.39. The van der Waals surface area contributed by atoms with Crippen LogP contribution in [-0.2, 0) is 11.3 Å². The highest BCUT2D eigenvalue weighted by Crippen LogP contribution is 2.19. The molecular weight excluding hydrogens is 268 g/mol. The van der Waals surface area contributed by atoms with E-state index in [1.54, 1.807) is 0 Å². The molecule has 0 saturated carbocycles. The van der Waals surface area contributed by atoms with E-state index in [4.69, 9.17) is 0 Å². The van der Waals surface area contributed by atoms with Crippen LogP contribution in [0.4, 0.5) is 0 Å². The van der Waals surface area contributed by atoms with Gasteiger partial charge in [0.25, 0.3) is 0 Å². The van der Waals surface area contributed by atoms with Gasteiger partial charge >= 0.3 is 0 Å². The monoisotopic (exact) mass is 292 g/mol. The summed E-state index contributed by atoms with van der Waals surface area (Å²) >= 11 is 2.01. The van der Waals surface area contributed by atoms with Gasteiger partial charge in [0.15, 0.2) is 0 Å². The van der Waals surface area contributed by atoms with Gasteiger partial charge in [0.1, 0.15) is 0 Å². The summed E-state index contributed by atoms with van der Waals surface area (Å²) in [6.45, 7) is 6.93. The molecule has 110 valence electrons. The molecule has 0 radical (unpaired) electrons. The van der Waals surface area contributed by atoms with Gasteiger partial charge in [0.2, 0.25) is 5.91 Å². The normalized spacial score (nSPS) is 22.0. The van der Waals surface area contributed by atoms with Crippen molar-refractivity contribution in [2.75, 3.05) is 18.8 Å². The van der Waals surface area contributed by atoms with Crippen LogP contribution in [0.2, 0.25) is 0 Å². The Bertz CT molecular complexity index is 424. The summed E-state index contributed by atoms with van der Waals surface area (Å²) < 4.78 is 0. The summed E-state index contributed by atoms with van der Waals surface area (Å²) in [4.78, 5) is 14.6. The van der Waals surface area contributed by atoms with Crippen LogP contribution in [0.1, 0.15) is 25.8 Å². The molecule has 0 unspecified atom stereocenters. The number of amides is 1. The van der Waals surface area contributed by atoms with Crippen molar-refractivity contribution in [2.24, 2.45) is 0 Å². The molecule has 1 saturated heterocycles. The Kier molecular flexibility index (Phi) is 5.92. The van der Waals surface area contributed by atoms with Crippen LogP contribution in [-0.4, -0.2) is 40.9 Å². The molecule has 3 nitrogen and oxygen atoms in total. The number of hydrogen-bond acceptors (Lipinski definition) is 3. The molecule has 4 heteroatoms. The van der Waals surface area contributed by atoms with Crippen LogP contribution in [0.15, 0.2) is 30.3 Å². The number of nitrogens with zero attached hydrogens (tertiary/aromatic N) is 1. The molecule has 1 amide bonds. The molecule has 0 aromatic heterocycles. The van der Waals surface area contributed by atoms with E-state index in [0.29, 0.717) is 11.8 Å². The molecule has 2 rings (SSSR count). The van der Waals surface area contributed by atoms with Gasteiger partial charge in [-0.3, -0.25) is 9.69 Å². The topological polar surface area (TPSA) is 32.3 Å². The molecule has 20 heavy (non-hydrogen) atoms. The lowest BCUT2D eigenvalue weighted by atomic mass is 10.2. The second kappa shape index (κ2) is 7.70. The number of thioether (sulfide) groups is 1. The first kappa shape index (κ1) is 15.4. The summed E-state index contributed by atoms with van der Waals surface area (Å²) in [7, 11) is 0. The van der Waals surface area contributed by atoms with Crippen molar-refractivity contribution in [3.63, 3.8) is 0 Å². The molecule has 2 atom stereocenters. The number of carbonyl (C=O) groups is 1. The summed E-state index contributed by atoms with van der Waals surface area (Å²) in [5, 5.41) is 3.75. The maximum Gasteiger partial charge on any atom is 0.237 e. The first-order valence-electron chi connectivity index (χ1n) is 7.34. The van der Waals surface area contributed by atoms with Crippen LogP contribution in [0.5, 0.6) is 0 Å². The third kappa shape index (κ3) is 4.53. The summed E-state index contributed by atoms with van der Waals surface area (Å²) in [6, 6.07) is 10.0. The van der Waals surface area contributed by atoms with Gasteiger partial charge in [-0.15, -0.1) is 0 Å². The zero-order valence-corrected chi connectivity index (χ0v) is 13.2. The van der Waals surface area contributed by atoms with Crippen molar-refractivity contribution in [3.05, 3.63) is 35.9 Å². The van der Waals surface area contributed by atoms with Crippen LogP contribution in [0, 0.1) is 0 Å². The highest BCUT2D eigenvalue weighted by molar-refractivity contribution is 7.99. The maximum absolute atomic E-state index is 12.2. The van der Waals surface area contributed by atoms with E-state index in [0.717, 1.165) is 24.4 Å². The van der Waals surface area contributed by atoms with E-state index in [1.807, 2.05) is 49.0 Å². The Hall–Kier alpha value is -1.00. The van der Waals surface area contributed by atoms with Gasteiger partial charge in [-0.2, -0.15) is 11.8 Å². The zero-order valence-electron chi connectivity index (χ0n) is 12.3. The van der Waals surface area contributed by atoms with E-state index in [1.165, 1.54) is 6.42 Å². The molecule has 1 aromatic rings. The number of benzene rings is 1. The largest absolute Gasteiger partial charge is 0.351 e. The fourth-order valence-corrected chi connectivity index (χ4v) is 3.41. The number of rotatable bonds is 4. The fraction of sp³-hybridized carbons (Fsp3) is 0.562. The molecule has 0 bridgehead atoms. The lowest BCUT2D eigenvalue weighted by molar-refractivity contribution is -0.126. The molecule has 1 aliphatic rings. The number of nitrogens with one attached hydrogen (secondary N) is 1. The molecule has 1 aromatic carbocycles. The Morgan fingerprint density at radius 1 is 1.40 bits per heavy atom. The summed E-state index contributed by atoms with van der Waals surface area (Å²) in [6.07, 6.45) is 1.17. The SMILES string of the molecule is C[C@H]1CCN([C@@H](C)C(=O)NCc2ccccc2)CCS1. The van der Waals surface area contributed by atoms with Crippen molar-refractivity contribution < 1.29 is 4.79 Å². The minimum absolute atomic E-state index is 0.0374. The summed E-state index contributed by atoms with van der Waals surface area (Å²) in [5.74, 6) is 1.26. The minimum atomic E-state index is -0.0374. The van der Waals surface area contributed by atoms with Crippen LogP contribution < -0.4 is 5.32 Å². The van der Waals surface area contributed by atoms with Gasteiger partial charge in [-0.05, 0) is 25.5 Å². The predicted molar refractivity (Wildman–Crippen MR) is 85.9 cm³/mol. The van der Waals surface area contributed by atoms with Crippen molar-refractivity contribution in [1.82, 2.24) is 10.2 Å². The average Bonchev–Trinajstić information content (AvgIpc) is 2.70.